The molecule has 2 aromatic carbocycles. The summed E-state index contributed by atoms with van der Waals surface area (Å²) in [5, 5.41) is 17.8. The fourth-order valence-electron chi connectivity index (χ4n) is 4.80. The molecule has 3 heterocycles. The van der Waals surface area contributed by atoms with E-state index >= 15 is 0 Å². The number of hydrogen-bond acceptors (Lipinski definition) is 7. The zero-order chi connectivity index (χ0) is 31.1. The lowest BCUT2D eigenvalue weighted by atomic mass is 9.93. The van der Waals surface area contributed by atoms with Crippen molar-refractivity contribution in [1.82, 2.24) is 10.3 Å². The number of ether oxygens (including phenoxy) is 1. The van der Waals surface area contributed by atoms with Gasteiger partial charge >= 0.3 is 5.97 Å². The van der Waals surface area contributed by atoms with Gasteiger partial charge in [-0.05, 0) is 71.8 Å². The van der Waals surface area contributed by atoms with Crippen molar-refractivity contribution in [2.45, 2.75) is 47.1 Å². The zero-order valence-corrected chi connectivity index (χ0v) is 25.6. The number of nitrogens with one attached hydrogen (secondary N) is 2. The van der Waals surface area contributed by atoms with Crippen LogP contribution in [0, 0.1) is 6.92 Å². The van der Waals surface area contributed by atoms with Crippen LogP contribution in [0.3, 0.4) is 0 Å². The number of carboxylic acids is 1. The first kappa shape index (κ1) is 31.4. The quantitative estimate of drug-likeness (QED) is 0.186. The predicted molar refractivity (Wildman–Crippen MR) is 170 cm³/mol. The summed E-state index contributed by atoms with van der Waals surface area (Å²) >= 11 is 1.56. The van der Waals surface area contributed by atoms with Crippen LogP contribution in [0.25, 0.3) is 21.6 Å². The van der Waals surface area contributed by atoms with Gasteiger partial charge in [-0.2, -0.15) is 0 Å². The molecule has 0 bridgehead atoms. The van der Waals surface area contributed by atoms with Gasteiger partial charge in [0.1, 0.15) is 11.4 Å². The maximum atomic E-state index is 13.9. The number of benzene rings is 2. The van der Waals surface area contributed by atoms with Crippen LogP contribution >= 0.6 is 11.3 Å². The average molecular weight is 601 g/mol. The van der Waals surface area contributed by atoms with Crippen LogP contribution < -0.4 is 21.1 Å². The summed E-state index contributed by atoms with van der Waals surface area (Å²) in [6.07, 6.45) is 1.43. The van der Waals surface area contributed by atoms with E-state index < -0.39 is 17.8 Å². The molecular weight excluding hydrogens is 564 g/mol. The Morgan fingerprint density at radius 2 is 1.81 bits per heavy atom. The Labute approximate surface area is 255 Å². The standard InChI is InChI=1S/C31H30N4O5S.C2H6/c1-3-10-33-30(37)25-7-5-20(27(34-25)31(38)39)21-15-26-23(28-19(8-11-40-26)9-12-41-28)14-22(21)29(36)35-24-6-4-18(16-32)13-17(24)2;1-2/h4-7,9,12-15H,3,8,10-11,16,32H2,1-2H3,(H,33,37)(H,35,36)(H,38,39);1-2H3. The number of rotatable bonds is 8. The molecule has 43 heavy (non-hydrogen) atoms. The largest absolute Gasteiger partial charge is 0.493 e. The first-order valence-electron chi connectivity index (χ1n) is 14.3. The Morgan fingerprint density at radius 3 is 2.51 bits per heavy atom. The number of aryl methyl sites for hydroxylation is 1. The third kappa shape index (κ3) is 6.76. The van der Waals surface area contributed by atoms with Gasteiger partial charge in [-0.1, -0.05) is 32.9 Å². The van der Waals surface area contributed by atoms with Crippen LogP contribution in [0.4, 0.5) is 5.69 Å². The maximum absolute atomic E-state index is 13.9. The summed E-state index contributed by atoms with van der Waals surface area (Å²) in [6, 6.07) is 14.0. The molecule has 0 atom stereocenters. The van der Waals surface area contributed by atoms with Gasteiger partial charge in [0.15, 0.2) is 5.69 Å². The van der Waals surface area contributed by atoms with Gasteiger partial charge in [0.2, 0.25) is 0 Å². The van der Waals surface area contributed by atoms with Crippen molar-refractivity contribution in [1.29, 1.82) is 0 Å². The smallest absolute Gasteiger partial charge is 0.355 e. The molecule has 2 aromatic heterocycles. The molecule has 1 aliphatic rings. The molecule has 0 radical (unpaired) electrons. The van der Waals surface area contributed by atoms with E-state index in [1.54, 1.807) is 29.5 Å². The molecule has 9 nitrogen and oxygen atoms in total. The summed E-state index contributed by atoms with van der Waals surface area (Å²) in [7, 11) is 0. The number of pyridine rings is 1. The molecule has 0 aliphatic carbocycles. The van der Waals surface area contributed by atoms with Crippen molar-refractivity contribution in [3.63, 3.8) is 0 Å². The first-order valence-corrected chi connectivity index (χ1v) is 15.2. The van der Waals surface area contributed by atoms with Crippen LogP contribution in [0.15, 0.2) is 53.9 Å². The summed E-state index contributed by atoms with van der Waals surface area (Å²) in [6.45, 7) is 9.06. The highest BCUT2D eigenvalue weighted by molar-refractivity contribution is 7.13. The number of carbonyl (C=O) groups excluding carboxylic acids is 2. The highest BCUT2D eigenvalue weighted by Crippen LogP contribution is 2.43. The highest BCUT2D eigenvalue weighted by Gasteiger charge is 2.26. The highest BCUT2D eigenvalue weighted by atomic mass is 32.1. The van der Waals surface area contributed by atoms with E-state index in [-0.39, 0.29) is 22.5 Å². The second-order valence-corrected chi connectivity index (χ2v) is 10.6. The topological polar surface area (TPSA) is 144 Å². The van der Waals surface area contributed by atoms with Crippen molar-refractivity contribution in [3.05, 3.63) is 87.6 Å². The number of carbonyl (C=O) groups is 3. The monoisotopic (exact) mass is 600 g/mol. The number of hydrogen-bond donors (Lipinski definition) is 4. The molecule has 1 aliphatic heterocycles. The Morgan fingerprint density at radius 1 is 1.02 bits per heavy atom. The zero-order valence-electron chi connectivity index (χ0n) is 24.7. The number of aromatic nitrogens is 1. The van der Waals surface area contributed by atoms with Gasteiger partial charge in [0.25, 0.3) is 11.8 Å². The molecule has 2 amide bonds. The minimum Gasteiger partial charge on any atom is -0.493 e. The number of anilines is 1. The fraction of sp³-hybridized carbons (Fsp3) is 0.273. The van der Waals surface area contributed by atoms with Crippen molar-refractivity contribution in [2.24, 2.45) is 5.73 Å². The number of aromatic carboxylic acids is 1. The second-order valence-electron chi connectivity index (χ2n) is 9.73. The van der Waals surface area contributed by atoms with E-state index in [1.165, 1.54) is 12.1 Å². The fourth-order valence-corrected chi connectivity index (χ4v) is 5.78. The molecule has 10 heteroatoms. The lowest BCUT2D eigenvalue weighted by Crippen LogP contribution is -2.25. The number of carboxylic acid groups (broad SMARTS) is 1. The Kier molecular flexibility index (Phi) is 10.3. The van der Waals surface area contributed by atoms with Gasteiger partial charge in [-0.15, -0.1) is 11.3 Å². The van der Waals surface area contributed by atoms with Gasteiger partial charge < -0.3 is 26.2 Å². The maximum Gasteiger partial charge on any atom is 0.355 e. The molecule has 0 unspecified atom stereocenters. The lowest BCUT2D eigenvalue weighted by molar-refractivity contribution is 0.0691. The van der Waals surface area contributed by atoms with E-state index in [0.717, 1.165) is 33.6 Å². The van der Waals surface area contributed by atoms with Gasteiger partial charge in [0.05, 0.1) is 6.61 Å². The third-order valence-corrected chi connectivity index (χ3v) is 7.91. The van der Waals surface area contributed by atoms with Crippen LogP contribution in [0.1, 0.15) is 75.2 Å². The molecule has 0 saturated carbocycles. The van der Waals surface area contributed by atoms with Crippen LogP contribution in [-0.2, 0) is 13.0 Å². The van der Waals surface area contributed by atoms with Crippen LogP contribution in [0.5, 0.6) is 5.75 Å². The van der Waals surface area contributed by atoms with Crippen LogP contribution in [0.2, 0.25) is 0 Å². The molecule has 0 saturated heterocycles. The molecule has 0 fully saturated rings. The average Bonchev–Trinajstić information content (AvgIpc) is 3.42. The van der Waals surface area contributed by atoms with Crippen molar-refractivity contribution in [2.75, 3.05) is 18.5 Å². The molecule has 224 valence electrons. The van der Waals surface area contributed by atoms with Gasteiger partial charge in [-0.3, -0.25) is 9.59 Å². The van der Waals surface area contributed by atoms with E-state index in [0.29, 0.717) is 43.1 Å². The SMILES string of the molecule is CC.CCCNC(=O)c1ccc(-c2cc3c(cc2C(=O)Nc2ccc(CN)cc2C)-c2sccc2CCO3)c(C(=O)O)n1. The normalized spacial score (nSPS) is 11.6. The number of nitrogens with zero attached hydrogens (tertiary/aromatic N) is 1. The Balaban J connectivity index is 0.00000207. The number of fused-ring (bicyclic) bond motifs is 3. The predicted octanol–water partition coefficient (Wildman–Crippen LogP) is 6.30. The Bertz CT molecular complexity index is 1660. The number of thiophene rings is 1. The third-order valence-electron chi connectivity index (χ3n) is 6.92. The minimum atomic E-state index is -1.32. The Hall–Kier alpha value is -4.54. The van der Waals surface area contributed by atoms with Crippen molar-refractivity contribution >= 4 is 34.8 Å². The van der Waals surface area contributed by atoms with E-state index in [1.807, 2.05) is 51.3 Å². The van der Waals surface area contributed by atoms with E-state index in [2.05, 4.69) is 15.6 Å². The summed E-state index contributed by atoms with van der Waals surface area (Å²) in [5.41, 5.74) is 10.5. The van der Waals surface area contributed by atoms with Gasteiger partial charge in [0, 0.05) is 52.3 Å². The van der Waals surface area contributed by atoms with E-state index in [9.17, 15) is 19.5 Å². The van der Waals surface area contributed by atoms with Crippen LogP contribution in [-0.4, -0.2) is 41.0 Å². The van der Waals surface area contributed by atoms with E-state index in [4.69, 9.17) is 10.5 Å². The number of amides is 2. The molecular formula is C33H36N4O5S. The lowest BCUT2D eigenvalue weighted by Gasteiger charge is -2.18. The molecule has 5 N–H and O–H groups in total. The molecule has 5 rings (SSSR count). The second kappa shape index (κ2) is 14.1. The summed E-state index contributed by atoms with van der Waals surface area (Å²) in [4.78, 5) is 44.0. The minimum absolute atomic E-state index is 0.0181. The summed E-state index contributed by atoms with van der Waals surface area (Å²) < 4.78 is 6.09. The van der Waals surface area contributed by atoms with Crippen molar-refractivity contribution in [3.8, 4) is 27.3 Å². The summed E-state index contributed by atoms with van der Waals surface area (Å²) in [5.74, 6) is -1.66. The first-order chi connectivity index (χ1) is 20.8. The van der Waals surface area contributed by atoms with Gasteiger partial charge in [-0.25, -0.2) is 9.78 Å². The number of nitrogens with two attached hydrogens (primary N) is 1. The molecule has 4 aromatic rings. The molecule has 0 spiro atoms. The van der Waals surface area contributed by atoms with Crippen molar-refractivity contribution < 1.29 is 24.2 Å².